The van der Waals surface area contributed by atoms with Gasteiger partial charge in [0.1, 0.15) is 5.75 Å². The summed E-state index contributed by atoms with van der Waals surface area (Å²) in [6.45, 7) is 0.869. The van der Waals surface area contributed by atoms with Crippen molar-refractivity contribution < 1.29 is 4.74 Å². The van der Waals surface area contributed by atoms with Crippen LogP contribution in [0.2, 0.25) is 0 Å². The summed E-state index contributed by atoms with van der Waals surface area (Å²) < 4.78 is 5.48. The fourth-order valence-corrected chi connectivity index (χ4v) is 2.12. The Labute approximate surface area is 121 Å². The smallest absolute Gasteiger partial charge is 0.123 e. The molecule has 0 aliphatic heterocycles. The normalized spacial score (nSPS) is 10.1. The molecular formula is C16H20ClNO. The third kappa shape index (κ3) is 3.72. The highest BCUT2D eigenvalue weighted by atomic mass is 35.5. The molecule has 0 radical (unpaired) electrons. The third-order valence-corrected chi connectivity index (χ3v) is 2.91. The molecule has 2 aromatic rings. The maximum atomic E-state index is 5.48. The quantitative estimate of drug-likeness (QED) is 0.842. The molecule has 19 heavy (non-hydrogen) atoms. The van der Waals surface area contributed by atoms with Gasteiger partial charge in [0.2, 0.25) is 0 Å². The number of halogens is 1. The lowest BCUT2D eigenvalue weighted by atomic mass is 9.98. The number of nitrogens with zero attached hydrogens (tertiary/aromatic N) is 1. The SMILES string of the molecule is COc1cccc(-c2ccccc2)c1CN(C)C.Cl. The average molecular weight is 278 g/mol. The van der Waals surface area contributed by atoms with Crippen LogP contribution in [-0.2, 0) is 6.54 Å². The summed E-state index contributed by atoms with van der Waals surface area (Å²) in [5.41, 5.74) is 3.70. The molecule has 0 spiro atoms. The first kappa shape index (κ1) is 15.5. The molecule has 2 aromatic carbocycles. The van der Waals surface area contributed by atoms with E-state index in [1.165, 1.54) is 16.7 Å². The van der Waals surface area contributed by atoms with E-state index in [1.807, 2.05) is 18.2 Å². The second kappa shape index (κ2) is 7.17. The summed E-state index contributed by atoms with van der Waals surface area (Å²) in [6.07, 6.45) is 0. The van der Waals surface area contributed by atoms with Crippen LogP contribution in [0.4, 0.5) is 0 Å². The third-order valence-electron chi connectivity index (χ3n) is 2.91. The van der Waals surface area contributed by atoms with E-state index in [2.05, 4.69) is 49.3 Å². The maximum absolute atomic E-state index is 5.48. The molecule has 102 valence electrons. The highest BCUT2D eigenvalue weighted by Gasteiger charge is 2.11. The number of hydrogen-bond donors (Lipinski definition) is 0. The van der Waals surface area contributed by atoms with Crippen LogP contribution in [-0.4, -0.2) is 26.1 Å². The first-order valence-corrected chi connectivity index (χ1v) is 6.08. The van der Waals surface area contributed by atoms with Crippen LogP contribution in [0.25, 0.3) is 11.1 Å². The van der Waals surface area contributed by atoms with E-state index in [9.17, 15) is 0 Å². The van der Waals surface area contributed by atoms with E-state index in [0.717, 1.165) is 12.3 Å². The first-order valence-electron chi connectivity index (χ1n) is 6.08. The highest BCUT2D eigenvalue weighted by molar-refractivity contribution is 5.85. The Kier molecular flexibility index (Phi) is 5.87. The molecule has 0 N–H and O–H groups in total. The Bertz CT molecular complexity index is 511. The van der Waals surface area contributed by atoms with Gasteiger partial charge in [0.15, 0.2) is 0 Å². The molecular weight excluding hydrogens is 258 g/mol. The van der Waals surface area contributed by atoms with E-state index in [1.54, 1.807) is 7.11 Å². The molecule has 0 amide bonds. The van der Waals surface area contributed by atoms with E-state index in [0.29, 0.717) is 0 Å². The van der Waals surface area contributed by atoms with Crippen LogP contribution in [0.1, 0.15) is 5.56 Å². The molecule has 0 aromatic heterocycles. The zero-order valence-electron chi connectivity index (χ0n) is 11.6. The maximum Gasteiger partial charge on any atom is 0.123 e. The van der Waals surface area contributed by atoms with Gasteiger partial charge in [-0.1, -0.05) is 42.5 Å². The van der Waals surface area contributed by atoms with Crippen molar-refractivity contribution in [2.75, 3.05) is 21.2 Å². The fourth-order valence-electron chi connectivity index (χ4n) is 2.12. The zero-order chi connectivity index (χ0) is 13.0. The van der Waals surface area contributed by atoms with Crippen LogP contribution in [0.3, 0.4) is 0 Å². The van der Waals surface area contributed by atoms with Crippen molar-refractivity contribution in [1.29, 1.82) is 0 Å². The molecule has 0 aliphatic rings. The molecule has 0 atom stereocenters. The highest BCUT2D eigenvalue weighted by Crippen LogP contribution is 2.31. The molecule has 2 nitrogen and oxygen atoms in total. The summed E-state index contributed by atoms with van der Waals surface area (Å²) in [4.78, 5) is 2.16. The largest absolute Gasteiger partial charge is 0.496 e. The van der Waals surface area contributed by atoms with Gasteiger partial charge in [-0.05, 0) is 31.3 Å². The topological polar surface area (TPSA) is 12.5 Å². The molecule has 0 fully saturated rings. The van der Waals surface area contributed by atoms with Crippen molar-refractivity contribution in [2.24, 2.45) is 0 Å². The van der Waals surface area contributed by atoms with Crippen LogP contribution < -0.4 is 4.74 Å². The Hall–Kier alpha value is -1.51. The predicted octanol–water partition coefficient (Wildman–Crippen LogP) is 3.85. The standard InChI is InChI=1S/C16H19NO.ClH/c1-17(2)12-15-14(10-7-11-16(15)18-3)13-8-5-4-6-9-13;/h4-11H,12H2,1-3H3;1H. The van der Waals surface area contributed by atoms with Crippen molar-refractivity contribution in [3.63, 3.8) is 0 Å². The van der Waals surface area contributed by atoms with Gasteiger partial charge in [-0.25, -0.2) is 0 Å². The molecule has 0 aliphatic carbocycles. The number of ether oxygens (including phenoxy) is 1. The Morgan fingerprint density at radius 2 is 1.63 bits per heavy atom. The lowest BCUT2D eigenvalue weighted by Crippen LogP contribution is -2.12. The van der Waals surface area contributed by atoms with Crippen molar-refractivity contribution in [1.82, 2.24) is 4.90 Å². The van der Waals surface area contributed by atoms with Crippen LogP contribution in [0.5, 0.6) is 5.75 Å². The molecule has 0 unspecified atom stereocenters. The average Bonchev–Trinajstić information content (AvgIpc) is 2.39. The van der Waals surface area contributed by atoms with Crippen LogP contribution in [0, 0.1) is 0 Å². The van der Waals surface area contributed by atoms with Gasteiger partial charge in [-0.15, -0.1) is 12.4 Å². The van der Waals surface area contributed by atoms with Crippen molar-refractivity contribution in [3.05, 3.63) is 54.1 Å². The molecule has 0 saturated carbocycles. The summed E-state index contributed by atoms with van der Waals surface area (Å²) in [5.74, 6) is 0.949. The van der Waals surface area contributed by atoms with Crippen molar-refractivity contribution >= 4 is 12.4 Å². The van der Waals surface area contributed by atoms with E-state index < -0.39 is 0 Å². The molecule has 0 heterocycles. The number of benzene rings is 2. The van der Waals surface area contributed by atoms with Gasteiger partial charge in [0.05, 0.1) is 7.11 Å². The number of rotatable bonds is 4. The summed E-state index contributed by atoms with van der Waals surface area (Å²) >= 11 is 0. The van der Waals surface area contributed by atoms with E-state index >= 15 is 0 Å². The minimum Gasteiger partial charge on any atom is -0.496 e. The minimum absolute atomic E-state index is 0. The summed E-state index contributed by atoms with van der Waals surface area (Å²) in [6, 6.07) is 16.6. The van der Waals surface area contributed by atoms with E-state index in [-0.39, 0.29) is 12.4 Å². The predicted molar refractivity (Wildman–Crippen MR) is 83.1 cm³/mol. The Morgan fingerprint density at radius 3 is 2.21 bits per heavy atom. The zero-order valence-corrected chi connectivity index (χ0v) is 12.4. The Morgan fingerprint density at radius 1 is 0.947 bits per heavy atom. The van der Waals surface area contributed by atoms with Gasteiger partial charge in [0.25, 0.3) is 0 Å². The summed E-state index contributed by atoms with van der Waals surface area (Å²) in [7, 11) is 5.87. The summed E-state index contributed by atoms with van der Waals surface area (Å²) in [5, 5.41) is 0. The van der Waals surface area contributed by atoms with Gasteiger partial charge in [-0.2, -0.15) is 0 Å². The number of methoxy groups -OCH3 is 1. The van der Waals surface area contributed by atoms with Gasteiger partial charge < -0.3 is 9.64 Å². The molecule has 0 saturated heterocycles. The monoisotopic (exact) mass is 277 g/mol. The molecule has 3 heteroatoms. The van der Waals surface area contributed by atoms with Gasteiger partial charge in [0, 0.05) is 12.1 Å². The lowest BCUT2D eigenvalue weighted by molar-refractivity contribution is 0.372. The minimum atomic E-state index is 0. The van der Waals surface area contributed by atoms with Crippen molar-refractivity contribution in [2.45, 2.75) is 6.54 Å². The van der Waals surface area contributed by atoms with Gasteiger partial charge >= 0.3 is 0 Å². The number of hydrogen-bond acceptors (Lipinski definition) is 2. The van der Waals surface area contributed by atoms with E-state index in [4.69, 9.17) is 4.74 Å². The van der Waals surface area contributed by atoms with Crippen LogP contribution >= 0.6 is 12.4 Å². The van der Waals surface area contributed by atoms with Crippen LogP contribution in [0.15, 0.2) is 48.5 Å². The lowest BCUT2D eigenvalue weighted by Gasteiger charge is -2.17. The van der Waals surface area contributed by atoms with Gasteiger partial charge in [-0.3, -0.25) is 0 Å². The molecule has 0 bridgehead atoms. The Balaban J connectivity index is 0.00000180. The molecule has 2 rings (SSSR count). The fraction of sp³-hybridized carbons (Fsp3) is 0.250. The second-order valence-electron chi connectivity index (χ2n) is 4.59. The first-order chi connectivity index (χ1) is 8.72. The van der Waals surface area contributed by atoms with Crippen molar-refractivity contribution in [3.8, 4) is 16.9 Å². The second-order valence-corrected chi connectivity index (χ2v) is 4.59.